The summed E-state index contributed by atoms with van der Waals surface area (Å²) in [5, 5.41) is 4.57. The number of benzene rings is 3. The number of hydrogen-bond donors (Lipinski definition) is 2. The highest BCUT2D eigenvalue weighted by atomic mass is 35.5. The van der Waals surface area contributed by atoms with E-state index in [1.165, 1.54) is 19.2 Å². The maximum atomic E-state index is 12.5. The summed E-state index contributed by atoms with van der Waals surface area (Å²) in [6.07, 6.45) is -0.228. The van der Waals surface area contributed by atoms with Gasteiger partial charge in [-0.25, -0.2) is 13.1 Å². The summed E-state index contributed by atoms with van der Waals surface area (Å²) in [6, 6.07) is 16.8. The van der Waals surface area contributed by atoms with Crippen LogP contribution in [-0.4, -0.2) is 40.6 Å². The summed E-state index contributed by atoms with van der Waals surface area (Å²) >= 11 is 5.99. The van der Waals surface area contributed by atoms with Gasteiger partial charge in [0.2, 0.25) is 10.0 Å². The number of anilines is 1. The molecule has 3 aromatic rings. The molecule has 0 fully saturated rings. The van der Waals surface area contributed by atoms with Gasteiger partial charge in [-0.2, -0.15) is 0 Å². The van der Waals surface area contributed by atoms with Gasteiger partial charge in [-0.15, -0.1) is 0 Å². The number of rotatable bonds is 9. The first-order valence-electron chi connectivity index (χ1n) is 9.56. The maximum Gasteiger partial charge on any atom is 0.307 e. The Morgan fingerprint density at radius 1 is 1.00 bits per heavy atom. The molecule has 0 aliphatic rings. The molecule has 0 heterocycles. The third-order valence-electron chi connectivity index (χ3n) is 4.45. The summed E-state index contributed by atoms with van der Waals surface area (Å²) in [7, 11) is -2.32. The molecule has 10 heteroatoms. The Balaban J connectivity index is 1.45. The molecule has 0 spiro atoms. The minimum atomic E-state index is -3.79. The van der Waals surface area contributed by atoms with Gasteiger partial charge in [-0.3, -0.25) is 9.59 Å². The Kier molecular flexibility index (Phi) is 7.68. The highest BCUT2D eigenvalue weighted by molar-refractivity contribution is 7.89. The van der Waals surface area contributed by atoms with Gasteiger partial charge in [0.15, 0.2) is 6.61 Å². The molecule has 0 aromatic heterocycles. The first kappa shape index (κ1) is 23.5. The maximum absolute atomic E-state index is 12.5. The van der Waals surface area contributed by atoms with Crippen molar-refractivity contribution in [3.63, 3.8) is 0 Å². The second-order valence-corrected chi connectivity index (χ2v) is 8.89. The first-order chi connectivity index (χ1) is 15.3. The standard InChI is InChI=1S/C22H21ClN2O6S/c1-30-20-9-7-17(13-19(20)23)25-21(26)14-31-22(27)10-11-24-32(28,29)18-8-6-15-4-2-3-5-16(15)12-18/h2-9,12-13,24H,10-11,14H2,1H3,(H,25,26). The van der Waals surface area contributed by atoms with E-state index in [-0.39, 0.29) is 17.9 Å². The van der Waals surface area contributed by atoms with E-state index in [1.54, 1.807) is 24.3 Å². The molecule has 3 aromatic carbocycles. The van der Waals surface area contributed by atoms with E-state index in [9.17, 15) is 18.0 Å². The summed E-state index contributed by atoms with van der Waals surface area (Å²) < 4.78 is 37.2. The molecular weight excluding hydrogens is 456 g/mol. The molecule has 2 N–H and O–H groups in total. The Morgan fingerprint density at radius 2 is 1.75 bits per heavy atom. The van der Waals surface area contributed by atoms with E-state index in [0.717, 1.165) is 10.8 Å². The van der Waals surface area contributed by atoms with Crippen LogP contribution in [0.2, 0.25) is 5.02 Å². The van der Waals surface area contributed by atoms with Crippen molar-refractivity contribution >= 4 is 50.0 Å². The second kappa shape index (κ2) is 10.4. The molecule has 168 valence electrons. The van der Waals surface area contributed by atoms with Crippen LogP contribution in [0.5, 0.6) is 5.75 Å². The van der Waals surface area contributed by atoms with Crippen molar-refractivity contribution in [2.75, 3.05) is 25.6 Å². The van der Waals surface area contributed by atoms with Crippen LogP contribution >= 0.6 is 11.6 Å². The molecule has 0 saturated heterocycles. The zero-order chi connectivity index (χ0) is 23.1. The molecule has 32 heavy (non-hydrogen) atoms. The number of carbonyl (C=O) groups is 2. The van der Waals surface area contributed by atoms with Gasteiger partial charge in [-0.1, -0.05) is 41.9 Å². The van der Waals surface area contributed by atoms with E-state index < -0.39 is 28.5 Å². The van der Waals surface area contributed by atoms with E-state index in [2.05, 4.69) is 10.0 Å². The average molecular weight is 477 g/mol. The number of amides is 1. The fourth-order valence-electron chi connectivity index (χ4n) is 2.86. The lowest BCUT2D eigenvalue weighted by molar-refractivity contribution is -0.147. The van der Waals surface area contributed by atoms with Crippen LogP contribution in [0.4, 0.5) is 5.69 Å². The van der Waals surface area contributed by atoms with Crippen LogP contribution in [0.15, 0.2) is 65.6 Å². The number of carbonyl (C=O) groups excluding carboxylic acids is 2. The van der Waals surface area contributed by atoms with E-state index in [1.807, 2.05) is 24.3 Å². The molecule has 8 nitrogen and oxygen atoms in total. The van der Waals surface area contributed by atoms with E-state index in [0.29, 0.717) is 16.5 Å². The van der Waals surface area contributed by atoms with Crippen LogP contribution in [0.3, 0.4) is 0 Å². The summed E-state index contributed by atoms with van der Waals surface area (Å²) in [5.74, 6) is -0.812. The Labute approximate surface area is 190 Å². The van der Waals surface area contributed by atoms with Crippen molar-refractivity contribution in [2.45, 2.75) is 11.3 Å². The zero-order valence-corrected chi connectivity index (χ0v) is 18.7. The molecule has 0 aliphatic heterocycles. The van der Waals surface area contributed by atoms with Gasteiger partial charge in [0.1, 0.15) is 5.75 Å². The third kappa shape index (κ3) is 6.19. The van der Waals surface area contributed by atoms with Crippen molar-refractivity contribution in [1.29, 1.82) is 0 Å². The predicted molar refractivity (Wildman–Crippen MR) is 121 cm³/mol. The van der Waals surface area contributed by atoms with Crippen LogP contribution in [-0.2, 0) is 24.3 Å². The Hall–Kier alpha value is -3.14. The molecule has 0 atom stereocenters. The minimum absolute atomic E-state index is 0.0992. The Morgan fingerprint density at radius 3 is 2.47 bits per heavy atom. The largest absolute Gasteiger partial charge is 0.495 e. The zero-order valence-electron chi connectivity index (χ0n) is 17.1. The lowest BCUT2D eigenvalue weighted by Crippen LogP contribution is -2.28. The third-order valence-corrected chi connectivity index (χ3v) is 6.21. The van der Waals surface area contributed by atoms with Crippen LogP contribution < -0.4 is 14.8 Å². The van der Waals surface area contributed by atoms with Crippen molar-refractivity contribution in [3.05, 3.63) is 65.7 Å². The van der Waals surface area contributed by atoms with Crippen molar-refractivity contribution in [2.24, 2.45) is 0 Å². The van der Waals surface area contributed by atoms with E-state index >= 15 is 0 Å². The number of nitrogens with one attached hydrogen (secondary N) is 2. The number of esters is 1. The van der Waals surface area contributed by atoms with Crippen LogP contribution in [0.25, 0.3) is 10.8 Å². The molecular formula is C22H21ClN2O6S. The summed E-state index contributed by atoms with van der Waals surface area (Å²) in [4.78, 5) is 23.9. The summed E-state index contributed by atoms with van der Waals surface area (Å²) in [6.45, 7) is -0.677. The molecule has 1 amide bonds. The van der Waals surface area contributed by atoms with Gasteiger partial charge < -0.3 is 14.8 Å². The fourth-order valence-corrected chi connectivity index (χ4v) is 4.19. The number of halogens is 1. The normalized spacial score (nSPS) is 11.2. The first-order valence-corrected chi connectivity index (χ1v) is 11.4. The number of sulfonamides is 1. The second-order valence-electron chi connectivity index (χ2n) is 6.71. The monoisotopic (exact) mass is 476 g/mol. The molecule has 0 saturated carbocycles. The van der Waals surface area contributed by atoms with E-state index in [4.69, 9.17) is 21.1 Å². The topological polar surface area (TPSA) is 111 Å². The lowest BCUT2D eigenvalue weighted by atomic mass is 10.1. The lowest BCUT2D eigenvalue weighted by Gasteiger charge is -2.09. The predicted octanol–water partition coefficient (Wildman–Crippen LogP) is 3.35. The minimum Gasteiger partial charge on any atom is -0.495 e. The van der Waals surface area contributed by atoms with Crippen molar-refractivity contribution in [3.8, 4) is 5.75 Å². The molecule has 0 unspecified atom stereocenters. The average Bonchev–Trinajstić information content (AvgIpc) is 2.77. The fraction of sp³-hybridized carbons (Fsp3) is 0.182. The highest BCUT2D eigenvalue weighted by Crippen LogP contribution is 2.27. The van der Waals surface area contributed by atoms with Crippen LogP contribution in [0.1, 0.15) is 6.42 Å². The van der Waals surface area contributed by atoms with Crippen molar-refractivity contribution < 1.29 is 27.5 Å². The number of hydrogen-bond acceptors (Lipinski definition) is 6. The van der Waals surface area contributed by atoms with Gasteiger partial charge in [-0.05, 0) is 41.1 Å². The smallest absolute Gasteiger partial charge is 0.307 e. The molecule has 3 rings (SSSR count). The quantitative estimate of drug-likeness (QED) is 0.458. The van der Waals surface area contributed by atoms with Gasteiger partial charge in [0.05, 0.1) is 23.4 Å². The highest BCUT2D eigenvalue weighted by Gasteiger charge is 2.16. The van der Waals surface area contributed by atoms with Crippen molar-refractivity contribution in [1.82, 2.24) is 4.72 Å². The molecule has 0 radical (unpaired) electrons. The Bertz CT molecular complexity index is 1250. The molecule has 0 aliphatic carbocycles. The molecule has 0 bridgehead atoms. The number of fused-ring (bicyclic) bond motifs is 1. The van der Waals surface area contributed by atoms with Gasteiger partial charge in [0, 0.05) is 12.2 Å². The SMILES string of the molecule is COc1ccc(NC(=O)COC(=O)CCNS(=O)(=O)c2ccc3ccccc3c2)cc1Cl. The van der Waals surface area contributed by atoms with Gasteiger partial charge in [0.25, 0.3) is 5.91 Å². The van der Waals surface area contributed by atoms with Gasteiger partial charge >= 0.3 is 5.97 Å². The number of methoxy groups -OCH3 is 1. The number of ether oxygens (including phenoxy) is 2. The van der Waals surface area contributed by atoms with Crippen LogP contribution in [0, 0.1) is 0 Å². The summed E-state index contributed by atoms with van der Waals surface area (Å²) in [5.41, 5.74) is 0.417.